The second kappa shape index (κ2) is 6.06. The molecule has 0 radical (unpaired) electrons. The smallest absolute Gasteiger partial charge is 0.320 e. The topological polar surface area (TPSA) is 76.9 Å². The average molecular weight is 342 g/mol. The van der Waals surface area contributed by atoms with E-state index in [1.807, 2.05) is 32.0 Å². The third kappa shape index (κ3) is 2.47. The van der Waals surface area contributed by atoms with Crippen molar-refractivity contribution in [1.82, 2.24) is 9.55 Å². The molecule has 0 fully saturated rings. The number of halogens is 2. The molecule has 1 heterocycles. The molecule has 3 aromatic rings. The molecule has 0 atom stereocenters. The molecule has 5 nitrogen and oxygen atoms in total. The highest BCUT2D eigenvalue weighted by Crippen LogP contribution is 2.42. The summed E-state index contributed by atoms with van der Waals surface area (Å²) in [6, 6.07) is 7.01. The molecule has 0 unspecified atom stereocenters. The molecule has 0 aliphatic heterocycles. The van der Waals surface area contributed by atoms with E-state index >= 15 is 0 Å². The van der Waals surface area contributed by atoms with Crippen LogP contribution in [0.3, 0.4) is 0 Å². The van der Waals surface area contributed by atoms with Crippen LogP contribution in [-0.4, -0.2) is 16.7 Å². The van der Waals surface area contributed by atoms with Crippen LogP contribution in [0.5, 0.6) is 5.75 Å². The number of nitrogen functional groups attached to an aromatic ring is 1. The second-order valence-corrected chi connectivity index (χ2v) is 5.71. The number of hydrogen-bond donors (Lipinski definition) is 1. The number of nitrogens with two attached hydrogens (primary N) is 1. The number of ether oxygens (including phenoxy) is 1. The van der Waals surface area contributed by atoms with Crippen molar-refractivity contribution in [3.8, 4) is 22.9 Å². The van der Waals surface area contributed by atoms with E-state index in [9.17, 15) is 14.0 Å². The van der Waals surface area contributed by atoms with Crippen molar-refractivity contribution in [2.24, 2.45) is 0 Å². The van der Waals surface area contributed by atoms with Crippen LogP contribution in [0.2, 0.25) is 0 Å². The van der Waals surface area contributed by atoms with Crippen LogP contribution in [0.25, 0.3) is 22.2 Å². The molecular formula is C18H16F2N4O. The van der Waals surface area contributed by atoms with Crippen molar-refractivity contribution in [2.45, 2.75) is 20.4 Å². The predicted molar refractivity (Wildman–Crippen MR) is 91.6 cm³/mol. The summed E-state index contributed by atoms with van der Waals surface area (Å²) >= 11 is 0. The van der Waals surface area contributed by atoms with Gasteiger partial charge in [-0.15, -0.1) is 0 Å². The third-order valence-electron chi connectivity index (χ3n) is 4.33. The number of fused-ring (bicyclic) bond motifs is 1. The van der Waals surface area contributed by atoms with Crippen LogP contribution in [0.1, 0.15) is 23.2 Å². The van der Waals surface area contributed by atoms with Gasteiger partial charge in [-0.05, 0) is 42.7 Å². The molecule has 128 valence electrons. The molecule has 0 aliphatic rings. The van der Waals surface area contributed by atoms with Gasteiger partial charge in [0.1, 0.15) is 18.1 Å². The van der Waals surface area contributed by atoms with Gasteiger partial charge < -0.3 is 10.5 Å². The molecule has 7 heteroatoms. The van der Waals surface area contributed by atoms with Crippen molar-refractivity contribution in [2.75, 3.05) is 12.8 Å². The average Bonchev–Trinajstić information content (AvgIpc) is 3.00. The lowest BCUT2D eigenvalue weighted by Gasteiger charge is -2.17. The first-order valence-corrected chi connectivity index (χ1v) is 7.52. The normalized spacial score (nSPS) is 11.1. The van der Waals surface area contributed by atoms with E-state index in [2.05, 4.69) is 4.98 Å². The number of aryl methyl sites for hydroxylation is 1. The van der Waals surface area contributed by atoms with Crippen LogP contribution in [0.4, 0.5) is 14.5 Å². The summed E-state index contributed by atoms with van der Waals surface area (Å²) in [6.45, 7) is 0.978. The highest BCUT2D eigenvalue weighted by molar-refractivity contribution is 6.02. The Morgan fingerprint density at radius 1 is 1.28 bits per heavy atom. The number of nitrogens with zero attached hydrogens (tertiary/aromatic N) is 3. The van der Waals surface area contributed by atoms with Crippen LogP contribution >= 0.6 is 0 Å². The SMILES string of the molecule is COc1ccc(C)c(-c2c(N)c(C#N)cc3c2ncn3C(F)F)c1C. The summed E-state index contributed by atoms with van der Waals surface area (Å²) in [5, 5.41) is 9.38. The lowest BCUT2D eigenvalue weighted by Crippen LogP contribution is -2.02. The number of nitriles is 1. The molecule has 0 spiro atoms. The summed E-state index contributed by atoms with van der Waals surface area (Å²) in [5.74, 6) is 0.642. The fraction of sp³-hybridized carbons (Fsp3) is 0.222. The number of imidazole rings is 1. The summed E-state index contributed by atoms with van der Waals surface area (Å²) in [6.07, 6.45) is 1.06. The zero-order valence-corrected chi connectivity index (χ0v) is 14.0. The minimum absolute atomic E-state index is 0.131. The molecule has 25 heavy (non-hydrogen) atoms. The van der Waals surface area contributed by atoms with E-state index in [4.69, 9.17) is 10.5 Å². The highest BCUT2D eigenvalue weighted by Gasteiger charge is 2.22. The molecule has 2 N–H and O–H groups in total. The van der Waals surface area contributed by atoms with Crippen LogP contribution in [-0.2, 0) is 0 Å². The Morgan fingerprint density at radius 2 is 2.00 bits per heavy atom. The van der Waals surface area contributed by atoms with Crippen molar-refractivity contribution >= 4 is 16.7 Å². The molecule has 0 amide bonds. The minimum atomic E-state index is -2.76. The first-order chi connectivity index (χ1) is 11.9. The fourth-order valence-corrected chi connectivity index (χ4v) is 3.12. The largest absolute Gasteiger partial charge is 0.496 e. The maximum atomic E-state index is 13.3. The van der Waals surface area contributed by atoms with E-state index in [0.29, 0.717) is 16.8 Å². The maximum Gasteiger partial charge on any atom is 0.320 e. The van der Waals surface area contributed by atoms with E-state index in [1.54, 1.807) is 7.11 Å². The van der Waals surface area contributed by atoms with Crippen molar-refractivity contribution in [1.29, 1.82) is 5.26 Å². The number of rotatable bonds is 3. The van der Waals surface area contributed by atoms with Gasteiger partial charge in [0.15, 0.2) is 0 Å². The van der Waals surface area contributed by atoms with Gasteiger partial charge >= 0.3 is 6.55 Å². The quantitative estimate of drug-likeness (QED) is 0.725. The van der Waals surface area contributed by atoms with E-state index < -0.39 is 6.55 Å². The maximum absolute atomic E-state index is 13.3. The first-order valence-electron chi connectivity index (χ1n) is 7.52. The molecule has 0 aliphatic carbocycles. The lowest BCUT2D eigenvalue weighted by atomic mass is 9.91. The number of benzene rings is 2. The monoisotopic (exact) mass is 342 g/mol. The summed E-state index contributed by atoms with van der Waals surface area (Å²) in [4.78, 5) is 4.14. The Kier molecular flexibility index (Phi) is 4.05. The Bertz CT molecular complexity index is 1020. The van der Waals surface area contributed by atoms with Crippen molar-refractivity contribution in [3.63, 3.8) is 0 Å². The zero-order valence-electron chi connectivity index (χ0n) is 14.0. The lowest BCUT2D eigenvalue weighted by molar-refractivity contribution is 0.0746. The fourth-order valence-electron chi connectivity index (χ4n) is 3.12. The van der Waals surface area contributed by atoms with Crippen LogP contribution in [0, 0.1) is 25.2 Å². The molecule has 1 aromatic heterocycles. The van der Waals surface area contributed by atoms with Gasteiger partial charge in [-0.3, -0.25) is 4.57 Å². The molecule has 0 saturated carbocycles. The van der Waals surface area contributed by atoms with E-state index in [1.165, 1.54) is 6.07 Å². The number of anilines is 1. The first kappa shape index (κ1) is 16.7. The highest BCUT2D eigenvalue weighted by atomic mass is 19.3. The minimum Gasteiger partial charge on any atom is -0.496 e. The number of alkyl halides is 2. The predicted octanol–water partition coefficient (Wildman–Crippen LogP) is 4.18. The number of hydrogen-bond acceptors (Lipinski definition) is 4. The second-order valence-electron chi connectivity index (χ2n) is 5.71. The van der Waals surface area contributed by atoms with Gasteiger partial charge in [0.25, 0.3) is 0 Å². The van der Waals surface area contributed by atoms with Crippen molar-refractivity contribution < 1.29 is 13.5 Å². The summed E-state index contributed by atoms with van der Waals surface area (Å²) < 4.78 is 32.6. The number of aromatic nitrogens is 2. The van der Waals surface area contributed by atoms with Gasteiger partial charge in [0.2, 0.25) is 0 Å². The molecular weight excluding hydrogens is 326 g/mol. The Hall–Kier alpha value is -3.14. The van der Waals surface area contributed by atoms with E-state index in [-0.39, 0.29) is 16.8 Å². The standard InChI is InChI=1S/C18H16F2N4O/c1-9-4-5-13(25-3)10(2)14(9)15-16(22)11(7-21)6-12-17(15)23-8-24(12)18(19)20/h4-6,8,18H,22H2,1-3H3. The Morgan fingerprint density at radius 3 is 2.60 bits per heavy atom. The molecule has 3 rings (SSSR count). The van der Waals surface area contributed by atoms with E-state index in [0.717, 1.165) is 27.6 Å². The summed E-state index contributed by atoms with van der Waals surface area (Å²) in [5.41, 5.74) is 9.94. The van der Waals surface area contributed by atoms with Gasteiger partial charge in [-0.25, -0.2) is 4.98 Å². The number of methoxy groups -OCH3 is 1. The van der Waals surface area contributed by atoms with Crippen LogP contribution < -0.4 is 10.5 Å². The Balaban J connectivity index is 2.49. The summed E-state index contributed by atoms with van der Waals surface area (Å²) in [7, 11) is 1.55. The van der Waals surface area contributed by atoms with Gasteiger partial charge in [0, 0.05) is 5.56 Å². The van der Waals surface area contributed by atoms with Gasteiger partial charge in [0.05, 0.1) is 29.4 Å². The Labute approximate surface area is 143 Å². The molecule has 0 saturated heterocycles. The van der Waals surface area contributed by atoms with Gasteiger partial charge in [-0.2, -0.15) is 14.0 Å². The third-order valence-corrected chi connectivity index (χ3v) is 4.33. The molecule has 2 aromatic carbocycles. The zero-order chi connectivity index (χ0) is 18.3. The van der Waals surface area contributed by atoms with Gasteiger partial charge in [-0.1, -0.05) is 6.07 Å². The van der Waals surface area contributed by atoms with Crippen molar-refractivity contribution in [3.05, 3.63) is 41.2 Å². The van der Waals surface area contributed by atoms with Crippen LogP contribution in [0.15, 0.2) is 24.5 Å². The molecule has 0 bridgehead atoms.